The Bertz CT molecular complexity index is 770. The monoisotopic (exact) mass is 407 g/mol. The number of aliphatic hydroxyl groups is 1. The highest BCUT2D eigenvalue weighted by Crippen LogP contribution is 2.37. The zero-order valence-electron chi connectivity index (χ0n) is 16.0. The molecule has 7 N–H and O–H groups in total. The summed E-state index contributed by atoms with van der Waals surface area (Å²) < 4.78 is 11.1. The predicted octanol–water partition coefficient (Wildman–Crippen LogP) is -0.978. The summed E-state index contributed by atoms with van der Waals surface area (Å²) in [6.45, 7) is 0.859. The number of amides is 1. The molecule has 2 atom stereocenters. The molecule has 2 aliphatic heterocycles. The lowest BCUT2D eigenvalue weighted by molar-refractivity contribution is -0.140. The number of hydrogen-bond donors (Lipinski definition) is 5. The van der Waals surface area contributed by atoms with Crippen molar-refractivity contribution in [2.24, 2.45) is 17.4 Å². The van der Waals surface area contributed by atoms with E-state index in [4.69, 9.17) is 20.9 Å². The Kier molecular flexibility index (Phi) is 6.63. The van der Waals surface area contributed by atoms with E-state index < -0.39 is 19.3 Å². The van der Waals surface area contributed by atoms with Crippen LogP contribution < -0.4 is 20.9 Å². The molecule has 1 aromatic rings. The van der Waals surface area contributed by atoms with Crippen LogP contribution in [0.25, 0.3) is 0 Å². The third kappa shape index (κ3) is 4.81. The zero-order valence-corrected chi connectivity index (χ0v) is 16.0. The molecule has 11 heteroatoms. The van der Waals surface area contributed by atoms with Crippen molar-refractivity contribution in [1.29, 1.82) is 0 Å². The summed E-state index contributed by atoms with van der Waals surface area (Å²) in [4.78, 5) is 25.6. The van der Waals surface area contributed by atoms with Crippen molar-refractivity contribution in [2.75, 3.05) is 19.6 Å². The number of fused-ring (bicyclic) bond motifs is 1. The molecule has 2 heterocycles. The summed E-state index contributed by atoms with van der Waals surface area (Å²) in [7, 11) is -1.04. The SMILES string of the molecule is NCC(CCC(=O)N1CC(Oc2ccc3c(c2C(=O)O)OB(O)CC3)C1)C(N)O. The van der Waals surface area contributed by atoms with Crippen molar-refractivity contribution in [1.82, 2.24) is 4.90 Å². The lowest BCUT2D eigenvalue weighted by atomic mass is 9.78. The standard InChI is InChI=1S/C18H26BN3O7/c20-7-11(17(21)24)2-4-14(23)22-8-12(9-22)28-13-3-1-10-5-6-19(27)29-16(10)15(13)18(25)26/h1,3,11-12,17,24,27H,2,4-9,20-21H2,(H,25,26). The van der Waals surface area contributed by atoms with Gasteiger partial charge < -0.3 is 41.0 Å². The zero-order chi connectivity index (χ0) is 21.1. The van der Waals surface area contributed by atoms with Gasteiger partial charge in [-0.1, -0.05) is 6.07 Å². The predicted molar refractivity (Wildman–Crippen MR) is 103 cm³/mol. The summed E-state index contributed by atoms with van der Waals surface area (Å²) >= 11 is 0. The van der Waals surface area contributed by atoms with Gasteiger partial charge >= 0.3 is 13.1 Å². The second-order valence-electron chi connectivity index (χ2n) is 7.41. The number of carbonyl (C=O) groups excluding carboxylic acids is 1. The van der Waals surface area contributed by atoms with Gasteiger partial charge in [0.05, 0.1) is 13.1 Å². The van der Waals surface area contributed by atoms with Gasteiger partial charge in [-0.3, -0.25) is 4.79 Å². The molecule has 2 aliphatic rings. The number of benzene rings is 1. The van der Waals surface area contributed by atoms with Gasteiger partial charge in [0.1, 0.15) is 29.4 Å². The van der Waals surface area contributed by atoms with Gasteiger partial charge in [-0.2, -0.15) is 0 Å². The van der Waals surface area contributed by atoms with Gasteiger partial charge in [0.15, 0.2) is 0 Å². The fourth-order valence-electron chi connectivity index (χ4n) is 3.50. The molecule has 3 rings (SSSR count). The lowest BCUT2D eigenvalue weighted by Crippen LogP contribution is -2.56. The van der Waals surface area contributed by atoms with Crippen LogP contribution in [0.1, 0.15) is 28.8 Å². The summed E-state index contributed by atoms with van der Waals surface area (Å²) in [6, 6.07) is 3.32. The fraction of sp³-hybridized carbons (Fsp3) is 0.556. The number of nitrogens with zero attached hydrogens (tertiary/aromatic N) is 1. The van der Waals surface area contributed by atoms with E-state index in [1.807, 2.05) is 0 Å². The van der Waals surface area contributed by atoms with Crippen LogP contribution in [-0.2, 0) is 11.2 Å². The molecule has 0 saturated carbocycles. The first-order chi connectivity index (χ1) is 13.8. The Morgan fingerprint density at radius 2 is 2.10 bits per heavy atom. The molecule has 0 aromatic heterocycles. The number of nitrogens with two attached hydrogens (primary N) is 2. The minimum absolute atomic E-state index is 0.0979. The maximum absolute atomic E-state index is 12.2. The van der Waals surface area contributed by atoms with Crippen LogP contribution in [0.2, 0.25) is 6.32 Å². The Balaban J connectivity index is 1.58. The van der Waals surface area contributed by atoms with E-state index in [0.717, 1.165) is 0 Å². The van der Waals surface area contributed by atoms with E-state index >= 15 is 0 Å². The maximum Gasteiger partial charge on any atom is 0.522 e. The van der Waals surface area contributed by atoms with Gasteiger partial charge in [-0.25, -0.2) is 4.79 Å². The molecular weight excluding hydrogens is 381 g/mol. The van der Waals surface area contributed by atoms with Crippen LogP contribution in [0.4, 0.5) is 0 Å². The summed E-state index contributed by atoms with van der Waals surface area (Å²) in [5.74, 6) is -1.35. The van der Waals surface area contributed by atoms with E-state index in [1.54, 1.807) is 17.0 Å². The van der Waals surface area contributed by atoms with Gasteiger partial charge in [-0.15, -0.1) is 0 Å². The fourth-order valence-corrected chi connectivity index (χ4v) is 3.50. The number of carboxylic acids is 1. The number of aliphatic hydroxyl groups excluding tert-OH is 1. The van der Waals surface area contributed by atoms with Gasteiger partial charge in [-0.05, 0) is 37.3 Å². The molecule has 29 heavy (non-hydrogen) atoms. The molecule has 1 amide bonds. The van der Waals surface area contributed by atoms with Gasteiger partial charge in [0, 0.05) is 12.3 Å². The normalized spacial score (nSPS) is 18.3. The Hall–Kier alpha value is -2.34. The van der Waals surface area contributed by atoms with Crippen LogP contribution in [-0.4, -0.2) is 71.1 Å². The first-order valence-corrected chi connectivity index (χ1v) is 9.62. The summed E-state index contributed by atoms with van der Waals surface area (Å²) in [5.41, 5.74) is 11.5. The van der Waals surface area contributed by atoms with E-state index in [0.29, 0.717) is 37.8 Å². The number of ether oxygens (including phenoxy) is 1. The molecule has 0 radical (unpaired) electrons. The smallest absolute Gasteiger partial charge is 0.522 e. The van der Waals surface area contributed by atoms with Crippen LogP contribution in [0.15, 0.2) is 12.1 Å². The number of carbonyl (C=O) groups is 2. The second-order valence-corrected chi connectivity index (χ2v) is 7.41. The molecule has 2 unspecified atom stereocenters. The number of likely N-dealkylation sites (tertiary alicyclic amines) is 1. The second kappa shape index (κ2) is 8.99. The van der Waals surface area contributed by atoms with Crippen LogP contribution in [0, 0.1) is 5.92 Å². The van der Waals surface area contributed by atoms with E-state index in [-0.39, 0.29) is 48.0 Å². The van der Waals surface area contributed by atoms with Crippen molar-refractivity contribution in [3.63, 3.8) is 0 Å². The van der Waals surface area contributed by atoms with Crippen molar-refractivity contribution >= 4 is 19.0 Å². The average Bonchev–Trinajstić information content (AvgIpc) is 2.63. The summed E-state index contributed by atoms with van der Waals surface area (Å²) in [6.07, 6.45) is 0.132. The van der Waals surface area contributed by atoms with Crippen molar-refractivity contribution in [3.05, 3.63) is 23.3 Å². The van der Waals surface area contributed by atoms with Crippen LogP contribution in [0.5, 0.6) is 11.5 Å². The highest BCUT2D eigenvalue weighted by atomic mass is 16.5. The first kappa shape index (κ1) is 21.4. The Morgan fingerprint density at radius 1 is 1.38 bits per heavy atom. The van der Waals surface area contributed by atoms with E-state index in [9.17, 15) is 24.8 Å². The van der Waals surface area contributed by atoms with E-state index in [2.05, 4.69) is 0 Å². The molecule has 0 aliphatic carbocycles. The van der Waals surface area contributed by atoms with Gasteiger partial charge in [0.25, 0.3) is 0 Å². The first-order valence-electron chi connectivity index (χ1n) is 9.62. The number of aryl methyl sites for hydroxylation is 1. The number of hydrogen-bond acceptors (Lipinski definition) is 8. The van der Waals surface area contributed by atoms with E-state index in [1.165, 1.54) is 0 Å². The molecule has 1 saturated heterocycles. The van der Waals surface area contributed by atoms with Crippen molar-refractivity contribution in [2.45, 2.75) is 37.9 Å². The van der Waals surface area contributed by atoms with Crippen molar-refractivity contribution in [3.8, 4) is 11.5 Å². The highest BCUT2D eigenvalue weighted by molar-refractivity contribution is 6.44. The Labute approximate surface area is 168 Å². The molecular formula is C18H26BN3O7. The molecule has 10 nitrogen and oxygen atoms in total. The molecule has 0 bridgehead atoms. The number of carboxylic acid groups (broad SMARTS) is 1. The molecule has 0 spiro atoms. The summed E-state index contributed by atoms with van der Waals surface area (Å²) in [5, 5.41) is 28.7. The van der Waals surface area contributed by atoms with Crippen LogP contribution in [0.3, 0.4) is 0 Å². The molecule has 1 aromatic carbocycles. The highest BCUT2D eigenvalue weighted by Gasteiger charge is 2.35. The topological polar surface area (TPSA) is 169 Å². The third-order valence-corrected chi connectivity index (χ3v) is 5.34. The third-order valence-electron chi connectivity index (χ3n) is 5.34. The quantitative estimate of drug-likeness (QED) is 0.269. The minimum Gasteiger partial charge on any atom is -0.535 e. The number of rotatable bonds is 8. The van der Waals surface area contributed by atoms with Gasteiger partial charge in [0.2, 0.25) is 5.91 Å². The average molecular weight is 407 g/mol. The number of aromatic carboxylic acids is 1. The van der Waals surface area contributed by atoms with Crippen LogP contribution >= 0.6 is 0 Å². The maximum atomic E-state index is 12.2. The Morgan fingerprint density at radius 3 is 2.72 bits per heavy atom. The van der Waals surface area contributed by atoms with Crippen molar-refractivity contribution < 1.29 is 34.2 Å². The molecule has 158 valence electrons. The minimum atomic E-state index is -1.20. The lowest BCUT2D eigenvalue weighted by Gasteiger charge is -2.39. The largest absolute Gasteiger partial charge is 0.535 e. The molecule has 1 fully saturated rings.